The van der Waals surface area contributed by atoms with E-state index < -0.39 is 12.1 Å². The minimum atomic E-state index is -0.957. The predicted molar refractivity (Wildman–Crippen MR) is 97.0 cm³/mol. The number of nitrogens with zero attached hydrogens (tertiary/aromatic N) is 1. The number of rotatable bonds is 2. The molecule has 0 bridgehead atoms. The van der Waals surface area contributed by atoms with Gasteiger partial charge in [-0.15, -0.1) is 0 Å². The summed E-state index contributed by atoms with van der Waals surface area (Å²) in [6.45, 7) is 2.38. The van der Waals surface area contributed by atoms with Gasteiger partial charge in [-0.1, -0.05) is 18.2 Å². The van der Waals surface area contributed by atoms with E-state index in [1.165, 1.54) is 0 Å². The monoisotopic (exact) mass is 366 g/mol. The summed E-state index contributed by atoms with van der Waals surface area (Å²) in [5.41, 5.74) is 2.77. The molecule has 138 valence electrons. The average molecular weight is 366 g/mol. The molecule has 7 heteroatoms. The van der Waals surface area contributed by atoms with Crippen molar-refractivity contribution in [2.24, 2.45) is 0 Å². The number of hydrogen-bond acceptors (Lipinski definition) is 4. The number of para-hydroxylation sites is 1. The smallest absolute Gasteiger partial charge is 0.335 e. The van der Waals surface area contributed by atoms with Crippen LogP contribution in [0.1, 0.15) is 38.8 Å². The minimum absolute atomic E-state index is 0.207. The van der Waals surface area contributed by atoms with Crippen LogP contribution in [-0.2, 0) is 17.8 Å². The van der Waals surface area contributed by atoms with Gasteiger partial charge >= 0.3 is 5.97 Å². The molecule has 1 unspecified atom stereocenters. The van der Waals surface area contributed by atoms with Gasteiger partial charge in [0.2, 0.25) is 0 Å². The second kappa shape index (κ2) is 6.42. The first-order valence-electron chi connectivity index (χ1n) is 8.69. The van der Waals surface area contributed by atoms with Crippen LogP contribution >= 0.6 is 0 Å². The third-order valence-corrected chi connectivity index (χ3v) is 4.95. The number of carbonyl (C=O) groups is 3. The van der Waals surface area contributed by atoms with Gasteiger partial charge < -0.3 is 20.1 Å². The number of benzene rings is 2. The van der Waals surface area contributed by atoms with E-state index in [1.807, 2.05) is 6.07 Å². The van der Waals surface area contributed by atoms with Crippen LogP contribution < -0.4 is 10.1 Å². The topological polar surface area (TPSA) is 95.9 Å². The normalized spacial score (nSPS) is 18.0. The lowest BCUT2D eigenvalue weighted by Crippen LogP contribution is -2.39. The third kappa shape index (κ3) is 2.91. The highest BCUT2D eigenvalue weighted by Gasteiger charge is 2.31. The Hall–Kier alpha value is -3.35. The van der Waals surface area contributed by atoms with Crippen molar-refractivity contribution in [3.8, 4) is 5.75 Å². The lowest BCUT2D eigenvalue weighted by atomic mass is 9.94. The van der Waals surface area contributed by atoms with Gasteiger partial charge in [0.1, 0.15) is 0 Å². The van der Waals surface area contributed by atoms with Gasteiger partial charge in [-0.3, -0.25) is 9.59 Å². The van der Waals surface area contributed by atoms with E-state index in [4.69, 9.17) is 4.74 Å². The van der Waals surface area contributed by atoms with E-state index in [0.717, 1.165) is 11.1 Å². The first-order valence-corrected chi connectivity index (χ1v) is 8.69. The Balaban J connectivity index is 1.64. The summed E-state index contributed by atoms with van der Waals surface area (Å²) in [5.74, 6) is -1.04. The maximum Gasteiger partial charge on any atom is 0.335 e. The Kier molecular flexibility index (Phi) is 4.07. The van der Waals surface area contributed by atoms with Crippen molar-refractivity contribution in [2.45, 2.75) is 26.0 Å². The van der Waals surface area contributed by atoms with Gasteiger partial charge in [-0.05, 0) is 42.7 Å². The van der Waals surface area contributed by atoms with E-state index >= 15 is 0 Å². The maximum atomic E-state index is 13.1. The first-order chi connectivity index (χ1) is 13.0. The Morgan fingerprint density at radius 2 is 1.93 bits per heavy atom. The number of hydrogen-bond donors (Lipinski definition) is 2. The van der Waals surface area contributed by atoms with Crippen molar-refractivity contribution in [1.82, 2.24) is 4.90 Å². The first kappa shape index (κ1) is 17.1. The second-order valence-corrected chi connectivity index (χ2v) is 6.66. The summed E-state index contributed by atoms with van der Waals surface area (Å²) in [5, 5.41) is 12.1. The van der Waals surface area contributed by atoms with E-state index in [-0.39, 0.29) is 17.4 Å². The predicted octanol–water partition coefficient (Wildman–Crippen LogP) is 2.30. The zero-order valence-corrected chi connectivity index (χ0v) is 14.7. The molecule has 0 aliphatic carbocycles. The minimum Gasteiger partial charge on any atom is -0.478 e. The molecule has 1 atom stereocenters. The van der Waals surface area contributed by atoms with Crippen LogP contribution in [0.3, 0.4) is 0 Å². The van der Waals surface area contributed by atoms with E-state index in [2.05, 4.69) is 5.32 Å². The number of fused-ring (bicyclic) bond motifs is 2. The van der Waals surface area contributed by atoms with Gasteiger partial charge in [0.25, 0.3) is 11.8 Å². The van der Waals surface area contributed by atoms with Gasteiger partial charge in [0.05, 0.1) is 16.8 Å². The van der Waals surface area contributed by atoms with Gasteiger partial charge in [-0.25, -0.2) is 4.79 Å². The summed E-state index contributed by atoms with van der Waals surface area (Å²) < 4.78 is 5.67. The zero-order chi connectivity index (χ0) is 19.1. The molecule has 4 rings (SSSR count). The molecule has 2 aliphatic rings. The van der Waals surface area contributed by atoms with Crippen molar-refractivity contribution in [1.29, 1.82) is 0 Å². The molecule has 0 spiro atoms. The molecule has 7 nitrogen and oxygen atoms in total. The standard InChI is InChI=1S/C20H18N2O5/c1-11-18(23)21-16-7-3-6-15(17(16)27-11)19(24)22-9-8-13-12(10-22)4-2-5-14(13)20(25)26/h2-7,11H,8-10H2,1H3,(H,21,23)(H,25,26). The highest BCUT2D eigenvalue weighted by molar-refractivity contribution is 6.04. The lowest BCUT2D eigenvalue weighted by Gasteiger charge is -2.31. The molecule has 2 aromatic carbocycles. The summed E-state index contributed by atoms with van der Waals surface area (Å²) in [4.78, 5) is 38.0. The molecule has 2 amide bonds. The number of carboxylic acids is 1. The molecule has 27 heavy (non-hydrogen) atoms. The molecular formula is C20H18N2O5. The third-order valence-electron chi connectivity index (χ3n) is 4.95. The number of ether oxygens (including phenoxy) is 1. The maximum absolute atomic E-state index is 13.1. The molecule has 0 aromatic heterocycles. The Bertz CT molecular complexity index is 969. The van der Waals surface area contributed by atoms with Crippen molar-refractivity contribution in [3.05, 3.63) is 58.7 Å². The van der Waals surface area contributed by atoms with Crippen LogP contribution in [0, 0.1) is 0 Å². The average Bonchev–Trinajstić information content (AvgIpc) is 2.67. The van der Waals surface area contributed by atoms with Crippen LogP contribution in [-0.4, -0.2) is 40.4 Å². The summed E-state index contributed by atoms with van der Waals surface area (Å²) >= 11 is 0. The van der Waals surface area contributed by atoms with E-state index in [1.54, 1.807) is 42.2 Å². The number of amides is 2. The number of aromatic carboxylic acids is 1. The highest BCUT2D eigenvalue weighted by atomic mass is 16.5. The van der Waals surface area contributed by atoms with E-state index in [9.17, 15) is 19.5 Å². The fraction of sp³-hybridized carbons (Fsp3) is 0.250. The lowest BCUT2D eigenvalue weighted by molar-refractivity contribution is -0.122. The zero-order valence-electron chi connectivity index (χ0n) is 14.7. The second-order valence-electron chi connectivity index (χ2n) is 6.66. The largest absolute Gasteiger partial charge is 0.478 e. The Labute approximate surface area is 155 Å². The van der Waals surface area contributed by atoms with Crippen LogP contribution in [0.5, 0.6) is 5.75 Å². The van der Waals surface area contributed by atoms with Crippen molar-refractivity contribution >= 4 is 23.5 Å². The fourth-order valence-corrected chi connectivity index (χ4v) is 3.55. The Morgan fingerprint density at radius 3 is 2.70 bits per heavy atom. The number of nitrogens with one attached hydrogen (secondary N) is 1. The van der Waals surface area contributed by atoms with Crippen molar-refractivity contribution in [3.63, 3.8) is 0 Å². The molecule has 2 N–H and O–H groups in total. The van der Waals surface area contributed by atoms with Gasteiger partial charge in [0, 0.05) is 13.1 Å². The quantitative estimate of drug-likeness (QED) is 0.850. The van der Waals surface area contributed by atoms with Crippen LogP contribution in [0.4, 0.5) is 5.69 Å². The molecular weight excluding hydrogens is 348 g/mol. The van der Waals surface area contributed by atoms with Gasteiger partial charge in [0.15, 0.2) is 11.9 Å². The number of carboxylic acid groups (broad SMARTS) is 1. The van der Waals surface area contributed by atoms with Crippen LogP contribution in [0.25, 0.3) is 0 Å². The van der Waals surface area contributed by atoms with Crippen LogP contribution in [0.15, 0.2) is 36.4 Å². The summed E-state index contributed by atoms with van der Waals surface area (Å²) in [6.07, 6.45) is -0.196. The molecule has 0 saturated heterocycles. The summed E-state index contributed by atoms with van der Waals surface area (Å²) in [7, 11) is 0. The fourth-order valence-electron chi connectivity index (χ4n) is 3.55. The SMILES string of the molecule is CC1Oc2c(cccc2C(=O)N2CCc3c(cccc3C(=O)O)C2)NC1=O. The van der Waals surface area contributed by atoms with Crippen LogP contribution in [0.2, 0.25) is 0 Å². The molecule has 2 heterocycles. The number of carbonyl (C=O) groups excluding carboxylic acids is 2. The molecule has 2 aromatic rings. The number of anilines is 1. The Morgan fingerprint density at radius 1 is 1.19 bits per heavy atom. The molecule has 0 radical (unpaired) electrons. The van der Waals surface area contributed by atoms with Crippen molar-refractivity contribution < 1.29 is 24.2 Å². The highest BCUT2D eigenvalue weighted by Crippen LogP contribution is 2.35. The van der Waals surface area contributed by atoms with Crippen molar-refractivity contribution in [2.75, 3.05) is 11.9 Å². The van der Waals surface area contributed by atoms with Gasteiger partial charge in [-0.2, -0.15) is 0 Å². The van der Waals surface area contributed by atoms with E-state index in [0.29, 0.717) is 36.5 Å². The molecule has 2 aliphatic heterocycles. The molecule has 0 saturated carbocycles. The summed E-state index contributed by atoms with van der Waals surface area (Å²) in [6, 6.07) is 10.2. The molecule has 0 fully saturated rings.